The molecule has 0 atom stereocenters. The van der Waals surface area contributed by atoms with Crippen LogP contribution in [0.2, 0.25) is 0 Å². The number of hydrazone groups is 1. The summed E-state index contributed by atoms with van der Waals surface area (Å²) in [6.07, 6.45) is 2.97. The van der Waals surface area contributed by atoms with Gasteiger partial charge in [-0.3, -0.25) is 9.89 Å². The minimum Gasteiger partial charge on any atom is -0.463 e. The van der Waals surface area contributed by atoms with Gasteiger partial charge in [-0.25, -0.2) is 5.43 Å². The Morgan fingerprint density at radius 2 is 2.00 bits per heavy atom. The van der Waals surface area contributed by atoms with Crippen molar-refractivity contribution in [2.75, 3.05) is 0 Å². The van der Waals surface area contributed by atoms with Crippen molar-refractivity contribution in [3.8, 4) is 11.3 Å². The van der Waals surface area contributed by atoms with Crippen molar-refractivity contribution in [2.45, 2.75) is 0 Å². The molecule has 25 heavy (non-hydrogen) atoms. The van der Waals surface area contributed by atoms with Crippen LogP contribution in [0.4, 0.5) is 0 Å². The molecule has 6 heteroatoms. The normalized spacial score (nSPS) is 11.2. The molecule has 0 unspecified atom stereocenters. The summed E-state index contributed by atoms with van der Waals surface area (Å²) >= 11 is 0. The van der Waals surface area contributed by atoms with Gasteiger partial charge in [0.25, 0.3) is 5.91 Å². The highest BCUT2D eigenvalue weighted by Gasteiger charge is 2.12. The third-order valence-corrected chi connectivity index (χ3v) is 3.79. The number of carbonyl (C=O) groups excluding carboxylic acids is 1. The highest BCUT2D eigenvalue weighted by molar-refractivity contribution is 5.98. The molecule has 0 saturated carbocycles. The van der Waals surface area contributed by atoms with Crippen molar-refractivity contribution < 1.29 is 9.21 Å². The predicted molar refractivity (Wildman–Crippen MR) is 95.3 cm³/mol. The number of hydrogen-bond donors (Lipinski definition) is 2. The zero-order valence-corrected chi connectivity index (χ0v) is 13.1. The van der Waals surface area contributed by atoms with Crippen LogP contribution in [0.25, 0.3) is 22.0 Å². The zero-order chi connectivity index (χ0) is 17.1. The van der Waals surface area contributed by atoms with E-state index in [-0.39, 0.29) is 5.91 Å². The fourth-order valence-corrected chi connectivity index (χ4v) is 2.60. The summed E-state index contributed by atoms with van der Waals surface area (Å²) in [5.74, 6) is 0.183. The summed E-state index contributed by atoms with van der Waals surface area (Å²) in [6.45, 7) is 0. The Morgan fingerprint density at radius 3 is 2.88 bits per heavy atom. The molecular weight excluding hydrogens is 316 g/mol. The molecule has 0 fully saturated rings. The van der Waals surface area contributed by atoms with E-state index in [1.165, 1.54) is 12.5 Å². The van der Waals surface area contributed by atoms with Crippen LogP contribution < -0.4 is 5.43 Å². The molecule has 2 heterocycles. The quantitative estimate of drug-likeness (QED) is 0.443. The van der Waals surface area contributed by atoms with E-state index < -0.39 is 0 Å². The SMILES string of the molecule is O=C(N/N=C\c1ccco1)c1cc(-c2cccc3ccccc23)n[nH]1. The van der Waals surface area contributed by atoms with Crippen LogP contribution in [0.3, 0.4) is 0 Å². The molecule has 0 radical (unpaired) electrons. The van der Waals surface area contributed by atoms with Crippen molar-refractivity contribution in [3.05, 3.63) is 78.4 Å². The molecule has 0 bridgehead atoms. The van der Waals surface area contributed by atoms with E-state index in [2.05, 4.69) is 20.7 Å². The lowest BCUT2D eigenvalue weighted by atomic mass is 10.0. The zero-order valence-electron chi connectivity index (χ0n) is 13.1. The molecule has 0 aliphatic carbocycles. The van der Waals surface area contributed by atoms with Gasteiger partial charge in [-0.2, -0.15) is 10.2 Å². The van der Waals surface area contributed by atoms with E-state index in [1.54, 1.807) is 18.2 Å². The summed E-state index contributed by atoms with van der Waals surface area (Å²) in [5, 5.41) is 13.1. The van der Waals surface area contributed by atoms with Gasteiger partial charge in [0.2, 0.25) is 0 Å². The summed E-state index contributed by atoms with van der Waals surface area (Å²) in [4.78, 5) is 12.2. The van der Waals surface area contributed by atoms with Gasteiger partial charge in [0.15, 0.2) is 0 Å². The van der Waals surface area contributed by atoms with Crippen LogP contribution in [-0.2, 0) is 0 Å². The van der Waals surface area contributed by atoms with Gasteiger partial charge in [-0.15, -0.1) is 0 Å². The van der Waals surface area contributed by atoms with E-state index in [9.17, 15) is 4.79 Å². The molecule has 4 rings (SSSR count). The topological polar surface area (TPSA) is 83.3 Å². The Bertz CT molecular complexity index is 1040. The van der Waals surface area contributed by atoms with Crippen molar-refractivity contribution >= 4 is 22.9 Å². The van der Waals surface area contributed by atoms with Crippen LogP contribution >= 0.6 is 0 Å². The second-order valence-corrected chi connectivity index (χ2v) is 5.41. The maximum atomic E-state index is 12.2. The number of carbonyl (C=O) groups is 1. The van der Waals surface area contributed by atoms with Gasteiger partial charge < -0.3 is 4.42 Å². The molecule has 2 aromatic carbocycles. The molecular formula is C19H14N4O2. The summed E-state index contributed by atoms with van der Waals surface area (Å²) in [6, 6.07) is 19.2. The van der Waals surface area contributed by atoms with E-state index in [0.717, 1.165) is 16.3 Å². The van der Waals surface area contributed by atoms with Crippen molar-refractivity contribution in [1.29, 1.82) is 0 Å². The minimum atomic E-state index is -0.373. The van der Waals surface area contributed by atoms with Crippen molar-refractivity contribution in [2.24, 2.45) is 5.10 Å². The highest BCUT2D eigenvalue weighted by Crippen LogP contribution is 2.27. The largest absolute Gasteiger partial charge is 0.463 e. The van der Waals surface area contributed by atoms with Crippen molar-refractivity contribution in [3.63, 3.8) is 0 Å². The fourth-order valence-electron chi connectivity index (χ4n) is 2.60. The number of hydrogen-bond acceptors (Lipinski definition) is 4. The standard InChI is InChI=1S/C19H14N4O2/c24-19(23-20-12-14-7-4-10-25-14)18-11-17(21-22-18)16-9-3-6-13-5-1-2-8-15(13)16/h1-12H,(H,21,22)(H,23,24)/b20-12-. The average Bonchev–Trinajstić information content (AvgIpc) is 3.33. The van der Waals surface area contributed by atoms with Gasteiger partial charge >= 0.3 is 0 Å². The number of H-pyrrole nitrogens is 1. The number of aromatic nitrogens is 2. The first-order valence-corrected chi connectivity index (χ1v) is 7.72. The van der Waals surface area contributed by atoms with Gasteiger partial charge in [-0.05, 0) is 29.0 Å². The first kappa shape index (κ1) is 14.9. The monoisotopic (exact) mass is 330 g/mol. The van der Waals surface area contributed by atoms with Crippen LogP contribution in [0.5, 0.6) is 0 Å². The number of aromatic amines is 1. The number of amides is 1. The summed E-state index contributed by atoms with van der Waals surface area (Å²) in [7, 11) is 0. The number of rotatable bonds is 4. The maximum Gasteiger partial charge on any atom is 0.289 e. The first-order valence-electron chi connectivity index (χ1n) is 7.72. The molecule has 0 saturated heterocycles. The third-order valence-electron chi connectivity index (χ3n) is 3.79. The smallest absolute Gasteiger partial charge is 0.289 e. The molecule has 0 aliphatic rings. The van der Waals surface area contributed by atoms with E-state index >= 15 is 0 Å². The molecule has 122 valence electrons. The Labute approximate surface area is 143 Å². The Kier molecular flexibility index (Phi) is 3.84. The van der Waals surface area contributed by atoms with Crippen molar-refractivity contribution in [1.82, 2.24) is 15.6 Å². The summed E-state index contributed by atoms with van der Waals surface area (Å²) < 4.78 is 5.10. The Balaban J connectivity index is 1.56. The first-order chi connectivity index (χ1) is 12.3. The molecule has 2 aromatic heterocycles. The lowest BCUT2D eigenvalue weighted by Crippen LogP contribution is -2.17. The van der Waals surface area contributed by atoms with E-state index in [1.807, 2.05) is 42.5 Å². The average molecular weight is 330 g/mol. The third kappa shape index (κ3) is 3.05. The molecule has 1 amide bonds. The molecule has 0 spiro atoms. The Hall–Kier alpha value is -3.67. The van der Waals surface area contributed by atoms with Gasteiger partial charge in [-0.1, -0.05) is 42.5 Å². The Morgan fingerprint density at radius 1 is 1.12 bits per heavy atom. The lowest BCUT2D eigenvalue weighted by Gasteiger charge is -2.02. The summed E-state index contributed by atoms with van der Waals surface area (Å²) in [5.41, 5.74) is 4.44. The number of fused-ring (bicyclic) bond motifs is 1. The van der Waals surface area contributed by atoms with E-state index in [4.69, 9.17) is 4.42 Å². The maximum absolute atomic E-state index is 12.2. The van der Waals surface area contributed by atoms with Gasteiger partial charge in [0.1, 0.15) is 11.5 Å². The number of furan rings is 1. The van der Waals surface area contributed by atoms with Crippen LogP contribution in [-0.4, -0.2) is 22.3 Å². The van der Waals surface area contributed by atoms with Crippen LogP contribution in [0.1, 0.15) is 16.2 Å². The number of nitrogens with one attached hydrogen (secondary N) is 2. The molecule has 6 nitrogen and oxygen atoms in total. The predicted octanol–water partition coefficient (Wildman–Crippen LogP) is 3.59. The van der Waals surface area contributed by atoms with Crippen LogP contribution in [0.15, 0.2) is 76.4 Å². The van der Waals surface area contributed by atoms with Gasteiger partial charge in [0, 0.05) is 5.56 Å². The number of benzene rings is 2. The molecule has 2 N–H and O–H groups in total. The lowest BCUT2D eigenvalue weighted by molar-refractivity contribution is 0.0950. The van der Waals surface area contributed by atoms with Crippen LogP contribution in [0, 0.1) is 0 Å². The minimum absolute atomic E-state index is 0.333. The fraction of sp³-hybridized carbons (Fsp3) is 0. The second-order valence-electron chi connectivity index (χ2n) is 5.41. The molecule has 4 aromatic rings. The second kappa shape index (κ2) is 6.45. The van der Waals surface area contributed by atoms with Gasteiger partial charge in [0.05, 0.1) is 18.2 Å². The highest BCUT2D eigenvalue weighted by atomic mass is 16.3. The molecule has 0 aliphatic heterocycles. The van der Waals surface area contributed by atoms with E-state index in [0.29, 0.717) is 17.1 Å². The number of nitrogens with zero attached hydrogens (tertiary/aromatic N) is 2.